The van der Waals surface area contributed by atoms with Crippen LogP contribution in [0, 0.1) is 11.3 Å². The largest absolute Gasteiger partial charge is 0.484 e. The van der Waals surface area contributed by atoms with Gasteiger partial charge in [0.2, 0.25) is 0 Å². The zero-order valence-corrected chi connectivity index (χ0v) is 17.6. The van der Waals surface area contributed by atoms with Gasteiger partial charge in [-0.1, -0.05) is 32.4 Å². The van der Waals surface area contributed by atoms with E-state index in [-0.39, 0.29) is 6.61 Å². The number of hydrogen-bond donors (Lipinski definition) is 3. The zero-order chi connectivity index (χ0) is 20.4. The molecule has 0 radical (unpaired) electrons. The van der Waals surface area contributed by atoms with E-state index in [4.69, 9.17) is 15.5 Å². The summed E-state index contributed by atoms with van der Waals surface area (Å²) >= 11 is 0. The average molecular weight is 389 g/mol. The highest BCUT2D eigenvalue weighted by Crippen LogP contribution is 2.46. The number of benzene rings is 1. The third-order valence-corrected chi connectivity index (χ3v) is 5.18. The molecule has 0 aromatic heterocycles. The SMILES string of the molecule is CCNC(=NCC1(CC(C)C)CCC1)NCCc1ccc(OCC(N)=O)cc1. The van der Waals surface area contributed by atoms with Crippen molar-refractivity contribution in [1.29, 1.82) is 0 Å². The van der Waals surface area contributed by atoms with E-state index in [2.05, 4.69) is 31.4 Å². The maximum Gasteiger partial charge on any atom is 0.255 e. The molecule has 1 fully saturated rings. The van der Waals surface area contributed by atoms with E-state index in [1.165, 1.54) is 31.2 Å². The first-order valence-electron chi connectivity index (χ1n) is 10.4. The van der Waals surface area contributed by atoms with Crippen molar-refractivity contribution in [2.24, 2.45) is 22.1 Å². The number of nitrogens with two attached hydrogens (primary N) is 1. The van der Waals surface area contributed by atoms with Gasteiger partial charge in [0.1, 0.15) is 5.75 Å². The van der Waals surface area contributed by atoms with E-state index in [1.807, 2.05) is 24.3 Å². The van der Waals surface area contributed by atoms with E-state index in [9.17, 15) is 4.79 Å². The van der Waals surface area contributed by atoms with Gasteiger partial charge in [-0.3, -0.25) is 9.79 Å². The second kappa shape index (κ2) is 10.9. The van der Waals surface area contributed by atoms with Crippen molar-refractivity contribution in [2.45, 2.75) is 52.9 Å². The molecule has 1 aliphatic rings. The van der Waals surface area contributed by atoms with Gasteiger partial charge in [0.15, 0.2) is 12.6 Å². The Morgan fingerprint density at radius 3 is 2.50 bits per heavy atom. The molecule has 4 N–H and O–H groups in total. The summed E-state index contributed by atoms with van der Waals surface area (Å²) in [6, 6.07) is 7.75. The number of carbonyl (C=O) groups is 1. The molecule has 28 heavy (non-hydrogen) atoms. The van der Waals surface area contributed by atoms with Gasteiger partial charge in [-0.05, 0) is 61.6 Å². The molecule has 1 aromatic rings. The number of primary amides is 1. The molecule has 2 rings (SSSR count). The highest BCUT2D eigenvalue weighted by Gasteiger charge is 2.37. The molecule has 0 unspecified atom stereocenters. The second-order valence-electron chi connectivity index (χ2n) is 8.22. The Bertz CT molecular complexity index is 636. The Balaban J connectivity index is 1.81. The smallest absolute Gasteiger partial charge is 0.255 e. The summed E-state index contributed by atoms with van der Waals surface area (Å²) in [5, 5.41) is 6.80. The molecule has 0 bridgehead atoms. The number of hydrogen-bond acceptors (Lipinski definition) is 3. The summed E-state index contributed by atoms with van der Waals surface area (Å²) in [4.78, 5) is 15.6. The first kappa shape index (κ1) is 22.1. The summed E-state index contributed by atoms with van der Waals surface area (Å²) in [6.07, 6.45) is 6.10. The first-order chi connectivity index (χ1) is 13.4. The molecule has 0 saturated heterocycles. The number of nitrogens with one attached hydrogen (secondary N) is 2. The lowest BCUT2D eigenvalue weighted by Crippen LogP contribution is -2.41. The molecule has 0 aliphatic heterocycles. The van der Waals surface area contributed by atoms with Gasteiger partial charge in [-0.15, -0.1) is 0 Å². The van der Waals surface area contributed by atoms with Gasteiger partial charge in [0.05, 0.1) is 0 Å². The quantitative estimate of drug-likeness (QED) is 0.402. The normalized spacial score (nSPS) is 15.8. The second-order valence-corrected chi connectivity index (χ2v) is 8.22. The average Bonchev–Trinajstić information content (AvgIpc) is 2.62. The van der Waals surface area contributed by atoms with Gasteiger partial charge in [0.25, 0.3) is 5.91 Å². The molecule has 156 valence electrons. The monoisotopic (exact) mass is 388 g/mol. The van der Waals surface area contributed by atoms with Crippen LogP contribution in [-0.2, 0) is 11.2 Å². The minimum absolute atomic E-state index is 0.0955. The first-order valence-corrected chi connectivity index (χ1v) is 10.4. The van der Waals surface area contributed by atoms with Crippen molar-refractivity contribution >= 4 is 11.9 Å². The Kier molecular flexibility index (Phi) is 8.61. The van der Waals surface area contributed by atoms with Crippen LogP contribution < -0.4 is 21.1 Å². The van der Waals surface area contributed by atoms with Crippen molar-refractivity contribution < 1.29 is 9.53 Å². The van der Waals surface area contributed by atoms with Gasteiger partial charge in [-0.25, -0.2) is 0 Å². The maximum atomic E-state index is 10.8. The molecule has 1 aliphatic carbocycles. The Morgan fingerprint density at radius 1 is 1.25 bits per heavy atom. The fourth-order valence-electron chi connectivity index (χ4n) is 3.79. The predicted octanol–water partition coefficient (Wildman–Crippen LogP) is 2.86. The van der Waals surface area contributed by atoms with Crippen molar-refractivity contribution in [3.8, 4) is 5.75 Å². The van der Waals surface area contributed by atoms with Crippen LogP contribution in [0.3, 0.4) is 0 Å². The highest BCUT2D eigenvalue weighted by molar-refractivity contribution is 5.79. The Labute approximate surface area is 169 Å². The number of amides is 1. The third kappa shape index (κ3) is 7.41. The van der Waals surface area contributed by atoms with Crippen LogP contribution in [0.5, 0.6) is 5.75 Å². The van der Waals surface area contributed by atoms with E-state index in [0.717, 1.165) is 37.9 Å². The Hall–Kier alpha value is -2.24. The summed E-state index contributed by atoms with van der Waals surface area (Å²) in [7, 11) is 0. The van der Waals surface area contributed by atoms with Crippen LogP contribution in [0.2, 0.25) is 0 Å². The predicted molar refractivity (Wildman–Crippen MR) is 115 cm³/mol. The summed E-state index contributed by atoms with van der Waals surface area (Å²) in [6.45, 7) is 9.18. The van der Waals surface area contributed by atoms with Crippen molar-refractivity contribution in [2.75, 3.05) is 26.2 Å². The molecule has 1 amide bonds. The van der Waals surface area contributed by atoms with Crippen LogP contribution in [0.4, 0.5) is 0 Å². The van der Waals surface area contributed by atoms with Crippen LogP contribution in [0.25, 0.3) is 0 Å². The number of rotatable bonds is 11. The summed E-state index contributed by atoms with van der Waals surface area (Å²) < 4.78 is 5.29. The van der Waals surface area contributed by atoms with E-state index >= 15 is 0 Å². The number of carbonyl (C=O) groups excluding carboxylic acids is 1. The molecule has 0 heterocycles. The zero-order valence-electron chi connectivity index (χ0n) is 17.6. The minimum Gasteiger partial charge on any atom is -0.484 e. The van der Waals surface area contributed by atoms with Gasteiger partial charge in [0, 0.05) is 19.6 Å². The van der Waals surface area contributed by atoms with Crippen LogP contribution in [0.15, 0.2) is 29.3 Å². The number of ether oxygens (including phenoxy) is 1. The van der Waals surface area contributed by atoms with Crippen LogP contribution in [-0.4, -0.2) is 38.1 Å². The lowest BCUT2D eigenvalue weighted by atomic mass is 9.64. The fourth-order valence-corrected chi connectivity index (χ4v) is 3.79. The number of aliphatic imine (C=N–C) groups is 1. The summed E-state index contributed by atoms with van der Waals surface area (Å²) in [5.74, 6) is 1.81. The molecule has 1 saturated carbocycles. The number of guanidine groups is 1. The standard InChI is InChI=1S/C22H36N4O2/c1-4-24-21(26-16-22(11-5-12-22)14-17(2)3)25-13-10-18-6-8-19(9-7-18)28-15-20(23)27/h6-9,17H,4-5,10-16H2,1-3H3,(H2,23,27)(H2,24,25,26). The van der Waals surface area contributed by atoms with Crippen LogP contribution in [0.1, 0.15) is 52.0 Å². The maximum absolute atomic E-state index is 10.8. The molecule has 0 spiro atoms. The molecule has 1 aromatic carbocycles. The molecule has 6 nitrogen and oxygen atoms in total. The van der Waals surface area contributed by atoms with E-state index in [0.29, 0.717) is 11.2 Å². The Morgan fingerprint density at radius 2 is 1.96 bits per heavy atom. The van der Waals surface area contributed by atoms with Crippen molar-refractivity contribution in [1.82, 2.24) is 10.6 Å². The molecule has 6 heteroatoms. The van der Waals surface area contributed by atoms with Gasteiger partial charge >= 0.3 is 0 Å². The van der Waals surface area contributed by atoms with Crippen molar-refractivity contribution in [3.63, 3.8) is 0 Å². The highest BCUT2D eigenvalue weighted by atomic mass is 16.5. The molecular weight excluding hydrogens is 352 g/mol. The topological polar surface area (TPSA) is 88.7 Å². The molecule has 0 atom stereocenters. The molecular formula is C22H36N4O2. The van der Waals surface area contributed by atoms with Crippen LogP contribution >= 0.6 is 0 Å². The minimum atomic E-state index is -0.472. The van der Waals surface area contributed by atoms with Crippen molar-refractivity contribution in [3.05, 3.63) is 29.8 Å². The number of nitrogens with zero attached hydrogens (tertiary/aromatic N) is 1. The van der Waals surface area contributed by atoms with Gasteiger partial charge in [-0.2, -0.15) is 0 Å². The lowest BCUT2D eigenvalue weighted by molar-refractivity contribution is -0.119. The van der Waals surface area contributed by atoms with E-state index in [1.54, 1.807) is 0 Å². The summed E-state index contributed by atoms with van der Waals surface area (Å²) in [5.41, 5.74) is 6.70. The lowest BCUT2D eigenvalue weighted by Gasteiger charge is -2.42. The van der Waals surface area contributed by atoms with E-state index < -0.39 is 5.91 Å². The fraction of sp³-hybridized carbons (Fsp3) is 0.636. The third-order valence-electron chi connectivity index (χ3n) is 5.18. The van der Waals surface area contributed by atoms with Gasteiger partial charge < -0.3 is 21.1 Å².